The summed E-state index contributed by atoms with van der Waals surface area (Å²) < 4.78 is 12.2. The Bertz CT molecular complexity index is 1350. The monoisotopic (exact) mass is 536 g/mol. The van der Waals surface area contributed by atoms with Crippen LogP contribution in [0, 0.1) is 11.3 Å². The maximum Gasteiger partial charge on any atom is 0.322 e. The first kappa shape index (κ1) is 24.3. The summed E-state index contributed by atoms with van der Waals surface area (Å²) in [5, 5.41) is 17.5. The van der Waals surface area contributed by atoms with Gasteiger partial charge in [0, 0.05) is 34.8 Å². The van der Waals surface area contributed by atoms with E-state index in [0.717, 1.165) is 49.8 Å². The van der Waals surface area contributed by atoms with E-state index >= 15 is 0 Å². The molecule has 2 unspecified atom stereocenters. The summed E-state index contributed by atoms with van der Waals surface area (Å²) in [6.45, 7) is 0.365. The maximum atomic E-state index is 13.1. The van der Waals surface area contributed by atoms with E-state index in [4.69, 9.17) is 37.7 Å². The van der Waals surface area contributed by atoms with E-state index in [1.165, 1.54) is 0 Å². The average molecular weight is 537 g/mol. The van der Waals surface area contributed by atoms with Gasteiger partial charge < -0.3 is 19.5 Å². The number of rotatable bonds is 6. The molecule has 2 aromatic carbocycles. The largest absolute Gasteiger partial charge is 0.373 e. The molecule has 1 N–H and O–H groups in total. The van der Waals surface area contributed by atoms with Crippen molar-refractivity contribution in [2.24, 2.45) is 0 Å². The minimum absolute atomic E-state index is 0.0278. The van der Waals surface area contributed by atoms with E-state index < -0.39 is 0 Å². The molecule has 0 spiro atoms. The summed E-state index contributed by atoms with van der Waals surface area (Å²) in [7, 11) is 0. The molecule has 0 radical (unpaired) electrons. The van der Waals surface area contributed by atoms with Crippen molar-refractivity contribution in [1.82, 2.24) is 10.1 Å². The molecule has 6 rings (SSSR count). The van der Waals surface area contributed by atoms with Crippen LogP contribution < -0.4 is 5.32 Å². The molecule has 3 heterocycles. The fourth-order valence-corrected chi connectivity index (χ4v) is 6.28. The minimum Gasteiger partial charge on any atom is -0.373 e. The first-order valence-electron chi connectivity index (χ1n) is 12.7. The highest BCUT2D eigenvalue weighted by atomic mass is 35.5. The molecule has 3 aromatic rings. The van der Waals surface area contributed by atoms with E-state index in [2.05, 4.69) is 16.5 Å². The third-order valence-electron chi connectivity index (χ3n) is 7.60. The maximum absolute atomic E-state index is 13.1. The Morgan fingerprint density at radius 1 is 1.11 bits per heavy atom. The van der Waals surface area contributed by atoms with Crippen molar-refractivity contribution in [2.45, 2.75) is 69.2 Å². The molecule has 2 amide bonds. The van der Waals surface area contributed by atoms with E-state index in [9.17, 15) is 4.79 Å². The first-order chi connectivity index (χ1) is 18.0. The molecule has 3 fully saturated rings. The molecule has 1 saturated carbocycles. The second-order valence-corrected chi connectivity index (χ2v) is 10.9. The molecule has 2 aliphatic heterocycles. The van der Waals surface area contributed by atoms with Crippen LogP contribution in [0.1, 0.15) is 61.3 Å². The second kappa shape index (κ2) is 10.0. The number of urea groups is 1. The second-order valence-electron chi connectivity index (χ2n) is 10.1. The first-order valence-corrected chi connectivity index (χ1v) is 13.4. The molecule has 37 heavy (non-hydrogen) atoms. The van der Waals surface area contributed by atoms with Gasteiger partial charge in [0.15, 0.2) is 0 Å². The van der Waals surface area contributed by atoms with Gasteiger partial charge in [0.2, 0.25) is 0 Å². The molecule has 7 nitrogen and oxygen atoms in total. The summed E-state index contributed by atoms with van der Waals surface area (Å²) in [6, 6.07) is 14.6. The molecule has 2 bridgehead atoms. The molecule has 2 saturated heterocycles. The number of fused-ring (bicyclic) bond motifs is 2. The lowest BCUT2D eigenvalue weighted by Crippen LogP contribution is -2.50. The van der Waals surface area contributed by atoms with Crippen LogP contribution in [0.2, 0.25) is 10.0 Å². The van der Waals surface area contributed by atoms with Gasteiger partial charge in [-0.25, -0.2) is 4.79 Å². The molecule has 2 atom stereocenters. The van der Waals surface area contributed by atoms with Gasteiger partial charge in [-0.1, -0.05) is 40.5 Å². The number of carbonyl (C=O) groups is 1. The van der Waals surface area contributed by atoms with Crippen LogP contribution in [0.15, 0.2) is 47.0 Å². The molecule has 1 aliphatic carbocycles. The number of ether oxygens (including phenoxy) is 1. The highest BCUT2D eigenvalue weighted by Gasteiger charge is 2.44. The van der Waals surface area contributed by atoms with Crippen LogP contribution >= 0.6 is 23.2 Å². The van der Waals surface area contributed by atoms with E-state index in [0.29, 0.717) is 45.1 Å². The number of aromatic nitrogens is 1. The van der Waals surface area contributed by atoms with Crippen molar-refractivity contribution in [3.05, 3.63) is 69.4 Å². The fourth-order valence-electron chi connectivity index (χ4n) is 5.70. The number of amides is 2. The number of hydrogen-bond donors (Lipinski definition) is 1. The average Bonchev–Trinajstić information content (AvgIpc) is 3.59. The molecular weight excluding hydrogens is 511 g/mol. The summed E-state index contributed by atoms with van der Waals surface area (Å²) >= 11 is 13.0. The van der Waals surface area contributed by atoms with Crippen molar-refractivity contribution in [3.63, 3.8) is 0 Å². The third kappa shape index (κ3) is 4.82. The van der Waals surface area contributed by atoms with E-state index in [1.807, 2.05) is 11.0 Å². The van der Waals surface area contributed by atoms with Crippen molar-refractivity contribution >= 4 is 34.9 Å². The van der Waals surface area contributed by atoms with E-state index in [1.54, 1.807) is 36.4 Å². The molecule has 190 valence electrons. The number of carbonyl (C=O) groups excluding carboxylic acids is 1. The standard InChI is InChI=1S/C28H26Cl2N4O3/c29-23-5-2-6-24(30)25(23)26-22(27(37-33-26)17-7-8-17)15-36-21-12-19-9-10-20(13-21)34(19)28(35)32-18-4-1-3-16(11-18)14-31/h1-6,11,17,19-21H,7-10,12-13,15H2,(H,32,35). The predicted octanol–water partition coefficient (Wildman–Crippen LogP) is 7.14. The van der Waals surface area contributed by atoms with Gasteiger partial charge in [-0.3, -0.25) is 0 Å². The minimum atomic E-state index is -0.119. The molecule has 1 aromatic heterocycles. The van der Waals surface area contributed by atoms with Gasteiger partial charge in [0.05, 0.1) is 34.4 Å². The lowest BCUT2D eigenvalue weighted by Gasteiger charge is -2.38. The Morgan fingerprint density at radius 3 is 2.49 bits per heavy atom. The Balaban J connectivity index is 1.15. The van der Waals surface area contributed by atoms with E-state index in [-0.39, 0.29) is 24.2 Å². The number of nitriles is 1. The van der Waals surface area contributed by atoms with Gasteiger partial charge in [-0.05, 0) is 68.9 Å². The quantitative estimate of drug-likeness (QED) is 0.361. The Morgan fingerprint density at radius 2 is 1.81 bits per heavy atom. The van der Waals surface area contributed by atoms with Crippen LogP contribution in [0.3, 0.4) is 0 Å². The fraction of sp³-hybridized carbons (Fsp3) is 0.393. The van der Waals surface area contributed by atoms with Crippen LogP contribution in [0.25, 0.3) is 11.3 Å². The van der Waals surface area contributed by atoms with Crippen molar-refractivity contribution in [2.75, 3.05) is 5.32 Å². The van der Waals surface area contributed by atoms with Crippen LogP contribution in [-0.2, 0) is 11.3 Å². The Hall–Kier alpha value is -3.05. The summed E-state index contributed by atoms with van der Waals surface area (Å²) in [6.07, 6.45) is 5.64. The Kier molecular flexibility index (Phi) is 6.58. The van der Waals surface area contributed by atoms with Crippen molar-refractivity contribution < 1.29 is 14.1 Å². The number of benzene rings is 2. The molecule has 3 aliphatic rings. The zero-order valence-electron chi connectivity index (χ0n) is 20.1. The topological polar surface area (TPSA) is 91.4 Å². The van der Waals surface area contributed by atoms with Gasteiger partial charge in [-0.15, -0.1) is 0 Å². The predicted molar refractivity (Wildman–Crippen MR) is 141 cm³/mol. The number of hydrogen-bond acceptors (Lipinski definition) is 5. The highest BCUT2D eigenvalue weighted by Crippen LogP contribution is 2.46. The lowest BCUT2D eigenvalue weighted by molar-refractivity contribution is -0.0158. The smallest absolute Gasteiger partial charge is 0.322 e. The van der Waals surface area contributed by atoms with Gasteiger partial charge in [0.25, 0.3) is 0 Å². The summed E-state index contributed by atoms with van der Waals surface area (Å²) in [5.74, 6) is 1.23. The number of anilines is 1. The lowest BCUT2D eigenvalue weighted by atomic mass is 9.99. The van der Waals surface area contributed by atoms with Gasteiger partial charge in [-0.2, -0.15) is 5.26 Å². The van der Waals surface area contributed by atoms with Crippen LogP contribution in [0.4, 0.5) is 10.5 Å². The summed E-state index contributed by atoms with van der Waals surface area (Å²) in [5.41, 5.74) is 3.39. The van der Waals surface area contributed by atoms with Crippen molar-refractivity contribution in [3.8, 4) is 17.3 Å². The van der Waals surface area contributed by atoms with Gasteiger partial charge >= 0.3 is 6.03 Å². The van der Waals surface area contributed by atoms with Crippen molar-refractivity contribution in [1.29, 1.82) is 5.26 Å². The zero-order valence-corrected chi connectivity index (χ0v) is 21.6. The van der Waals surface area contributed by atoms with Crippen LogP contribution in [0.5, 0.6) is 0 Å². The molecule has 9 heteroatoms. The number of nitrogens with zero attached hydrogens (tertiary/aromatic N) is 3. The number of halogens is 2. The normalized spacial score (nSPS) is 22.6. The Labute approximate surface area is 225 Å². The molecular formula is C28H26Cl2N4O3. The number of piperidine rings is 1. The SMILES string of the molecule is N#Cc1cccc(NC(=O)N2C3CCC2CC(OCc2c(-c4c(Cl)cccc4Cl)noc2C2CC2)C3)c1. The van der Waals surface area contributed by atoms with Crippen LogP contribution in [-0.4, -0.2) is 34.3 Å². The highest BCUT2D eigenvalue weighted by molar-refractivity contribution is 6.39. The summed E-state index contributed by atoms with van der Waals surface area (Å²) in [4.78, 5) is 15.1. The zero-order chi connectivity index (χ0) is 25.5. The number of nitrogens with one attached hydrogen (secondary N) is 1. The third-order valence-corrected chi connectivity index (χ3v) is 8.23. The van der Waals surface area contributed by atoms with Gasteiger partial charge in [0.1, 0.15) is 11.5 Å².